The van der Waals surface area contributed by atoms with Crippen LogP contribution in [0.1, 0.15) is 0 Å². The van der Waals surface area contributed by atoms with Crippen LogP contribution in [0.15, 0.2) is 37.9 Å². The molecule has 1 aromatic carbocycles. The third-order valence-corrected chi connectivity index (χ3v) is 2.18. The Balaban J connectivity index is 2.94. The molecule has 1 N–H and O–H groups in total. The van der Waals surface area contributed by atoms with Crippen molar-refractivity contribution in [1.82, 2.24) is 0 Å². The second-order valence-corrected chi connectivity index (χ2v) is 3.51. The summed E-state index contributed by atoms with van der Waals surface area (Å²) in [4.78, 5) is 10.9. The molecule has 3 nitrogen and oxygen atoms in total. The number of fused-ring (bicyclic) bond motifs is 1. The first-order valence-electron chi connectivity index (χ1n) is 3.59. The number of benzene rings is 1. The normalized spacial score (nSPS) is 10.5. The first-order chi connectivity index (χ1) is 6.16. The Morgan fingerprint density at radius 2 is 2.08 bits per heavy atom. The van der Waals surface area contributed by atoms with E-state index in [0.717, 1.165) is 10.5 Å². The maximum absolute atomic E-state index is 10.9. The van der Waals surface area contributed by atoms with E-state index in [1.807, 2.05) is 0 Å². The summed E-state index contributed by atoms with van der Waals surface area (Å²) in [6.45, 7) is 0. The van der Waals surface area contributed by atoms with E-state index in [0.29, 0.717) is 11.0 Å². The lowest BCUT2D eigenvalue weighted by atomic mass is 10.2. The molecule has 2 rings (SSSR count). The summed E-state index contributed by atoms with van der Waals surface area (Å²) in [5.41, 5.74) is -0.178. The first-order valence-corrected chi connectivity index (χ1v) is 4.38. The van der Waals surface area contributed by atoms with Crippen LogP contribution in [-0.4, -0.2) is 5.11 Å². The summed E-state index contributed by atoms with van der Waals surface area (Å²) in [6, 6.07) is 6.13. The lowest BCUT2D eigenvalue weighted by Gasteiger charge is -1.98. The summed E-state index contributed by atoms with van der Waals surface area (Å²) in [5.74, 6) is -0.0567. The Labute approximate surface area is 81.7 Å². The smallest absolute Gasteiger partial charge is 0.339 e. The van der Waals surface area contributed by atoms with Crippen molar-refractivity contribution in [3.05, 3.63) is 39.2 Å². The zero-order chi connectivity index (χ0) is 9.42. The van der Waals surface area contributed by atoms with Crippen LogP contribution in [-0.2, 0) is 0 Å². The largest absolute Gasteiger partial charge is 0.507 e. The molecule has 13 heavy (non-hydrogen) atoms. The molecule has 0 aliphatic heterocycles. The molecule has 0 fully saturated rings. The van der Waals surface area contributed by atoms with Gasteiger partial charge in [-0.25, -0.2) is 4.79 Å². The molecule has 0 radical (unpaired) electrons. The van der Waals surface area contributed by atoms with Crippen molar-refractivity contribution in [2.75, 3.05) is 0 Å². The lowest BCUT2D eigenvalue weighted by Crippen LogP contribution is -1.94. The van der Waals surface area contributed by atoms with Crippen molar-refractivity contribution in [2.45, 2.75) is 0 Å². The van der Waals surface area contributed by atoms with E-state index in [2.05, 4.69) is 15.9 Å². The van der Waals surface area contributed by atoms with Gasteiger partial charge in [-0.2, -0.15) is 0 Å². The molecule has 0 bridgehead atoms. The quantitative estimate of drug-likeness (QED) is 0.719. The minimum Gasteiger partial charge on any atom is -0.507 e. The van der Waals surface area contributed by atoms with E-state index >= 15 is 0 Å². The molecule has 4 heteroatoms. The van der Waals surface area contributed by atoms with Gasteiger partial charge in [-0.3, -0.25) is 0 Å². The van der Waals surface area contributed by atoms with Crippen molar-refractivity contribution in [3.8, 4) is 5.75 Å². The third kappa shape index (κ3) is 1.45. The van der Waals surface area contributed by atoms with Crippen molar-refractivity contribution in [3.63, 3.8) is 0 Å². The van der Waals surface area contributed by atoms with Gasteiger partial charge in [0.2, 0.25) is 0 Å². The van der Waals surface area contributed by atoms with Gasteiger partial charge in [0.25, 0.3) is 0 Å². The van der Waals surface area contributed by atoms with Gasteiger partial charge in [-0.05, 0) is 18.2 Å². The zero-order valence-electron chi connectivity index (χ0n) is 6.45. The van der Waals surface area contributed by atoms with Gasteiger partial charge in [0.1, 0.15) is 11.3 Å². The average molecular weight is 241 g/mol. The fraction of sp³-hybridized carbons (Fsp3) is 0. The van der Waals surface area contributed by atoms with E-state index < -0.39 is 5.63 Å². The van der Waals surface area contributed by atoms with Crippen LogP contribution in [0, 0.1) is 0 Å². The van der Waals surface area contributed by atoms with Gasteiger partial charge >= 0.3 is 5.63 Å². The van der Waals surface area contributed by atoms with Crippen LogP contribution in [0.5, 0.6) is 5.75 Å². The molecule has 0 saturated carbocycles. The predicted molar refractivity (Wildman–Crippen MR) is 51.8 cm³/mol. The molecular weight excluding hydrogens is 236 g/mol. The molecule has 0 amide bonds. The SMILES string of the molecule is O=c1cc(O)c2ccc(Br)cc2o1. The minimum atomic E-state index is -0.553. The van der Waals surface area contributed by atoms with Crippen LogP contribution in [0.2, 0.25) is 0 Å². The van der Waals surface area contributed by atoms with E-state index in [4.69, 9.17) is 4.42 Å². The van der Waals surface area contributed by atoms with Gasteiger partial charge in [0, 0.05) is 4.47 Å². The molecule has 1 heterocycles. The molecule has 0 spiro atoms. The van der Waals surface area contributed by atoms with Gasteiger partial charge < -0.3 is 9.52 Å². The maximum Gasteiger partial charge on any atom is 0.339 e. The lowest BCUT2D eigenvalue weighted by molar-refractivity contribution is 0.468. The molecule has 0 aliphatic carbocycles. The number of hydrogen-bond acceptors (Lipinski definition) is 3. The zero-order valence-corrected chi connectivity index (χ0v) is 8.04. The number of hydrogen-bond donors (Lipinski definition) is 1. The highest BCUT2D eigenvalue weighted by molar-refractivity contribution is 9.10. The van der Waals surface area contributed by atoms with E-state index in [9.17, 15) is 9.90 Å². The van der Waals surface area contributed by atoms with Crippen molar-refractivity contribution in [1.29, 1.82) is 0 Å². The van der Waals surface area contributed by atoms with E-state index in [-0.39, 0.29) is 5.75 Å². The summed E-state index contributed by atoms with van der Waals surface area (Å²) < 4.78 is 5.68. The highest BCUT2D eigenvalue weighted by atomic mass is 79.9. The number of aromatic hydroxyl groups is 1. The first kappa shape index (κ1) is 8.31. The van der Waals surface area contributed by atoms with Gasteiger partial charge in [-0.1, -0.05) is 15.9 Å². The average Bonchev–Trinajstić information content (AvgIpc) is 2.02. The molecular formula is C9H5BrO3. The molecule has 0 unspecified atom stereocenters. The molecule has 0 atom stereocenters. The summed E-state index contributed by atoms with van der Waals surface area (Å²) in [5, 5.41) is 9.90. The minimum absolute atomic E-state index is 0.0567. The monoisotopic (exact) mass is 240 g/mol. The van der Waals surface area contributed by atoms with Crippen LogP contribution in [0.3, 0.4) is 0 Å². The van der Waals surface area contributed by atoms with Gasteiger partial charge in [0.05, 0.1) is 11.5 Å². The Bertz CT molecular complexity index is 516. The summed E-state index contributed by atoms with van der Waals surface area (Å²) in [6.07, 6.45) is 0. The molecule has 0 aliphatic rings. The molecule has 0 saturated heterocycles. The van der Waals surface area contributed by atoms with Crippen LogP contribution < -0.4 is 5.63 Å². The fourth-order valence-corrected chi connectivity index (χ4v) is 1.46. The fourth-order valence-electron chi connectivity index (χ4n) is 1.12. The summed E-state index contributed by atoms with van der Waals surface area (Å²) >= 11 is 3.24. The Kier molecular flexibility index (Phi) is 1.84. The van der Waals surface area contributed by atoms with E-state index in [1.165, 1.54) is 0 Å². The Morgan fingerprint density at radius 1 is 1.31 bits per heavy atom. The third-order valence-electron chi connectivity index (χ3n) is 1.68. The highest BCUT2D eigenvalue weighted by Crippen LogP contribution is 2.24. The topological polar surface area (TPSA) is 50.4 Å². The number of halogens is 1. The molecule has 1 aromatic heterocycles. The Hall–Kier alpha value is -1.29. The standard InChI is InChI=1S/C9H5BrO3/c10-5-1-2-6-7(11)4-9(12)13-8(6)3-5/h1-4,11H. The summed E-state index contributed by atoms with van der Waals surface area (Å²) in [7, 11) is 0. The Morgan fingerprint density at radius 3 is 2.85 bits per heavy atom. The van der Waals surface area contributed by atoms with Gasteiger partial charge in [0.15, 0.2) is 0 Å². The highest BCUT2D eigenvalue weighted by Gasteiger charge is 2.03. The van der Waals surface area contributed by atoms with Crippen molar-refractivity contribution < 1.29 is 9.52 Å². The second-order valence-electron chi connectivity index (χ2n) is 2.59. The molecule has 2 aromatic rings. The van der Waals surface area contributed by atoms with E-state index in [1.54, 1.807) is 18.2 Å². The van der Waals surface area contributed by atoms with Crippen LogP contribution in [0.25, 0.3) is 11.0 Å². The maximum atomic E-state index is 10.9. The number of rotatable bonds is 0. The van der Waals surface area contributed by atoms with Crippen LogP contribution >= 0.6 is 15.9 Å². The molecule has 66 valence electrons. The van der Waals surface area contributed by atoms with Crippen molar-refractivity contribution in [2.24, 2.45) is 0 Å². The predicted octanol–water partition coefficient (Wildman–Crippen LogP) is 2.26. The van der Waals surface area contributed by atoms with Gasteiger partial charge in [-0.15, -0.1) is 0 Å². The van der Waals surface area contributed by atoms with Crippen LogP contribution in [0.4, 0.5) is 0 Å². The second kappa shape index (κ2) is 2.88. The van der Waals surface area contributed by atoms with Crippen molar-refractivity contribution >= 4 is 26.9 Å².